The first-order chi connectivity index (χ1) is 6.27. The Morgan fingerprint density at radius 3 is 3.23 bits per heavy atom. The molecule has 2 aromatic rings. The minimum atomic E-state index is -0.386. The lowest BCUT2D eigenvalue weighted by atomic mass is 10.3. The lowest BCUT2D eigenvalue weighted by Crippen LogP contribution is -2.12. The number of aliphatic hydroxyl groups is 1. The van der Waals surface area contributed by atoms with E-state index in [1.54, 1.807) is 24.0 Å². The van der Waals surface area contributed by atoms with E-state index in [1.807, 2.05) is 12.1 Å². The second kappa shape index (κ2) is 3.14. The predicted octanol–water partition coefficient (Wildman–Crippen LogP) is 0.812. The number of hydrogen-bond donors (Lipinski definition) is 1. The third kappa shape index (κ3) is 1.53. The van der Waals surface area contributed by atoms with Crippen LogP contribution >= 0.6 is 0 Å². The number of fused-ring (bicyclic) bond motifs is 1. The Morgan fingerprint density at radius 1 is 1.62 bits per heavy atom. The maximum atomic E-state index is 9.20. The quantitative estimate of drug-likeness (QED) is 0.738. The summed E-state index contributed by atoms with van der Waals surface area (Å²) in [4.78, 5) is 4.14. The molecule has 0 fully saturated rings. The van der Waals surface area contributed by atoms with Crippen molar-refractivity contribution >= 4 is 11.0 Å². The lowest BCUT2D eigenvalue weighted by Gasteiger charge is -2.04. The molecule has 0 saturated carbocycles. The fraction of sp³-hybridized carbons (Fsp3) is 0.333. The van der Waals surface area contributed by atoms with Crippen molar-refractivity contribution in [2.24, 2.45) is 0 Å². The van der Waals surface area contributed by atoms with E-state index < -0.39 is 0 Å². The highest BCUT2D eigenvalue weighted by atomic mass is 16.3. The molecule has 13 heavy (non-hydrogen) atoms. The monoisotopic (exact) mass is 177 g/mol. The molecule has 1 N–H and O–H groups in total. The van der Waals surface area contributed by atoms with Crippen LogP contribution in [0.5, 0.6) is 0 Å². The van der Waals surface area contributed by atoms with Gasteiger partial charge in [-0.25, -0.2) is 0 Å². The van der Waals surface area contributed by atoms with Gasteiger partial charge in [0.15, 0.2) is 0 Å². The highest BCUT2D eigenvalue weighted by molar-refractivity contribution is 5.73. The van der Waals surface area contributed by atoms with Crippen molar-refractivity contribution in [1.29, 1.82) is 0 Å². The maximum absolute atomic E-state index is 9.20. The molecule has 68 valence electrons. The number of pyridine rings is 1. The molecule has 0 saturated heterocycles. The highest BCUT2D eigenvalue weighted by Gasteiger charge is 2.04. The molecule has 0 aliphatic rings. The van der Waals surface area contributed by atoms with Crippen molar-refractivity contribution in [1.82, 2.24) is 14.8 Å². The zero-order chi connectivity index (χ0) is 9.26. The fourth-order valence-electron chi connectivity index (χ4n) is 1.31. The summed E-state index contributed by atoms with van der Waals surface area (Å²) in [5.41, 5.74) is 1.83. The molecule has 0 aliphatic heterocycles. The smallest absolute Gasteiger partial charge is 0.108 e. The first-order valence-electron chi connectivity index (χ1n) is 4.22. The van der Waals surface area contributed by atoms with Gasteiger partial charge in [-0.15, -0.1) is 0 Å². The first-order valence-corrected chi connectivity index (χ1v) is 4.22. The molecule has 0 bridgehead atoms. The van der Waals surface area contributed by atoms with Crippen LogP contribution in [0.4, 0.5) is 0 Å². The number of rotatable bonds is 2. The van der Waals surface area contributed by atoms with E-state index in [0.29, 0.717) is 6.54 Å². The van der Waals surface area contributed by atoms with Crippen LogP contribution in [0.25, 0.3) is 11.0 Å². The van der Waals surface area contributed by atoms with E-state index in [9.17, 15) is 5.11 Å². The highest BCUT2D eigenvalue weighted by Crippen LogP contribution is 2.09. The standard InChI is InChI=1S/C9H11N3O/c1-7(13)6-12-9-3-2-4-10-8(9)5-11-12/h2-5,7,13H,6H2,1H3. The summed E-state index contributed by atoms with van der Waals surface area (Å²) in [7, 11) is 0. The van der Waals surface area contributed by atoms with Crippen LogP contribution in [0, 0.1) is 0 Å². The van der Waals surface area contributed by atoms with Gasteiger partial charge >= 0.3 is 0 Å². The second-order valence-corrected chi connectivity index (χ2v) is 3.08. The van der Waals surface area contributed by atoms with Gasteiger partial charge in [-0.2, -0.15) is 5.10 Å². The van der Waals surface area contributed by atoms with Crippen LogP contribution < -0.4 is 0 Å². The topological polar surface area (TPSA) is 50.9 Å². The molecule has 4 nitrogen and oxygen atoms in total. The second-order valence-electron chi connectivity index (χ2n) is 3.08. The van der Waals surface area contributed by atoms with Crippen LogP contribution in [-0.2, 0) is 6.54 Å². The van der Waals surface area contributed by atoms with Crippen LogP contribution in [0.3, 0.4) is 0 Å². The van der Waals surface area contributed by atoms with Crippen LogP contribution in [0.2, 0.25) is 0 Å². The minimum absolute atomic E-state index is 0.386. The molecular formula is C9H11N3O. The molecule has 0 spiro atoms. The Balaban J connectivity index is 2.46. The Labute approximate surface area is 75.8 Å². The van der Waals surface area contributed by atoms with Gasteiger partial charge < -0.3 is 5.11 Å². The van der Waals surface area contributed by atoms with Gasteiger partial charge in [0.2, 0.25) is 0 Å². The molecule has 0 aromatic carbocycles. The number of hydrogen-bond acceptors (Lipinski definition) is 3. The summed E-state index contributed by atoms with van der Waals surface area (Å²) in [5.74, 6) is 0. The fourth-order valence-corrected chi connectivity index (χ4v) is 1.31. The Morgan fingerprint density at radius 2 is 2.46 bits per heavy atom. The van der Waals surface area contributed by atoms with Gasteiger partial charge in [-0.1, -0.05) is 0 Å². The summed E-state index contributed by atoms with van der Waals surface area (Å²) >= 11 is 0. The molecular weight excluding hydrogens is 166 g/mol. The van der Waals surface area contributed by atoms with E-state index in [0.717, 1.165) is 11.0 Å². The molecule has 0 amide bonds. The van der Waals surface area contributed by atoms with Crippen LogP contribution in [-0.4, -0.2) is 26.0 Å². The van der Waals surface area contributed by atoms with Crippen molar-refractivity contribution < 1.29 is 5.11 Å². The Bertz CT molecular complexity index is 408. The van der Waals surface area contributed by atoms with Gasteiger partial charge in [0.25, 0.3) is 0 Å². The van der Waals surface area contributed by atoms with Gasteiger partial charge in [-0.3, -0.25) is 9.67 Å². The summed E-state index contributed by atoms with van der Waals surface area (Å²) in [6, 6.07) is 3.81. The van der Waals surface area contributed by atoms with Crippen molar-refractivity contribution in [3.63, 3.8) is 0 Å². The Kier molecular flexibility index (Phi) is 1.98. The van der Waals surface area contributed by atoms with Crippen LogP contribution in [0.15, 0.2) is 24.5 Å². The zero-order valence-electron chi connectivity index (χ0n) is 7.38. The lowest BCUT2D eigenvalue weighted by molar-refractivity contribution is 0.170. The summed E-state index contributed by atoms with van der Waals surface area (Å²) in [5, 5.41) is 13.3. The van der Waals surface area contributed by atoms with Gasteiger partial charge in [-0.05, 0) is 19.1 Å². The molecule has 4 heteroatoms. The normalized spacial score (nSPS) is 13.4. The molecule has 2 heterocycles. The molecule has 2 rings (SSSR count). The zero-order valence-corrected chi connectivity index (χ0v) is 7.38. The average Bonchev–Trinajstić information content (AvgIpc) is 2.48. The third-order valence-electron chi connectivity index (χ3n) is 1.85. The summed E-state index contributed by atoms with van der Waals surface area (Å²) in [6.07, 6.45) is 3.05. The van der Waals surface area contributed by atoms with Crippen molar-refractivity contribution in [3.05, 3.63) is 24.5 Å². The number of nitrogens with zero attached hydrogens (tertiary/aromatic N) is 3. The van der Waals surface area contributed by atoms with E-state index >= 15 is 0 Å². The predicted molar refractivity (Wildman–Crippen MR) is 49.2 cm³/mol. The molecule has 1 atom stereocenters. The maximum Gasteiger partial charge on any atom is 0.108 e. The van der Waals surface area contributed by atoms with Gasteiger partial charge in [0.1, 0.15) is 5.52 Å². The van der Waals surface area contributed by atoms with E-state index in [1.165, 1.54) is 0 Å². The third-order valence-corrected chi connectivity index (χ3v) is 1.85. The number of aromatic nitrogens is 3. The summed E-state index contributed by atoms with van der Waals surface area (Å²) in [6.45, 7) is 2.25. The van der Waals surface area contributed by atoms with Crippen molar-refractivity contribution in [3.8, 4) is 0 Å². The first kappa shape index (κ1) is 8.19. The van der Waals surface area contributed by atoms with Crippen LogP contribution in [0.1, 0.15) is 6.92 Å². The largest absolute Gasteiger partial charge is 0.391 e. The van der Waals surface area contributed by atoms with E-state index in [4.69, 9.17) is 0 Å². The van der Waals surface area contributed by atoms with Crippen molar-refractivity contribution in [2.45, 2.75) is 19.6 Å². The van der Waals surface area contributed by atoms with E-state index in [2.05, 4.69) is 10.1 Å². The van der Waals surface area contributed by atoms with E-state index in [-0.39, 0.29) is 6.10 Å². The summed E-state index contributed by atoms with van der Waals surface area (Å²) < 4.78 is 1.76. The molecule has 0 radical (unpaired) electrons. The average molecular weight is 177 g/mol. The Hall–Kier alpha value is -1.42. The molecule has 0 aliphatic carbocycles. The van der Waals surface area contributed by atoms with Gasteiger partial charge in [0, 0.05) is 6.20 Å². The van der Waals surface area contributed by atoms with Crippen molar-refractivity contribution in [2.75, 3.05) is 0 Å². The molecule has 2 aromatic heterocycles. The molecule has 1 unspecified atom stereocenters. The minimum Gasteiger partial charge on any atom is -0.391 e. The number of aliphatic hydroxyl groups excluding tert-OH is 1. The SMILES string of the molecule is CC(O)Cn1ncc2ncccc21. The van der Waals surface area contributed by atoms with Gasteiger partial charge in [0.05, 0.1) is 24.4 Å².